The highest BCUT2D eigenvalue weighted by Crippen LogP contribution is 2.02. The van der Waals surface area contributed by atoms with Gasteiger partial charge in [-0.2, -0.15) is 0 Å². The lowest BCUT2D eigenvalue weighted by Crippen LogP contribution is -2.57. The van der Waals surface area contributed by atoms with E-state index < -0.39 is 5.72 Å². The Bertz CT molecular complexity index is 91.7. The van der Waals surface area contributed by atoms with E-state index in [4.69, 9.17) is 5.11 Å². The predicted octanol–water partition coefficient (Wildman–Crippen LogP) is -1.51. The molecule has 0 fully saturated rings. The number of hydrogen-bond donors (Lipinski definition) is 4. The van der Waals surface area contributed by atoms with Gasteiger partial charge in [0.25, 0.3) is 0 Å². The SMILES string of the molecule is CNC(CO)C(C)(O)NC. The third-order valence-electron chi connectivity index (χ3n) is 1.72. The van der Waals surface area contributed by atoms with E-state index in [1.807, 2.05) is 0 Å². The molecule has 2 unspecified atom stereocenters. The molecule has 0 aliphatic carbocycles. The first-order valence-corrected chi connectivity index (χ1v) is 3.28. The molecule has 0 heterocycles. The van der Waals surface area contributed by atoms with Crippen molar-refractivity contribution in [3.8, 4) is 0 Å². The van der Waals surface area contributed by atoms with Crippen molar-refractivity contribution in [3.05, 3.63) is 0 Å². The van der Waals surface area contributed by atoms with Gasteiger partial charge in [0.05, 0.1) is 12.6 Å². The molecule has 0 saturated heterocycles. The van der Waals surface area contributed by atoms with Crippen molar-refractivity contribution in [1.29, 1.82) is 0 Å². The zero-order valence-corrected chi connectivity index (χ0v) is 6.68. The van der Waals surface area contributed by atoms with Crippen molar-refractivity contribution in [2.45, 2.75) is 18.7 Å². The first kappa shape index (κ1) is 9.84. The Balaban J connectivity index is 3.97. The molecular weight excluding hydrogens is 132 g/mol. The van der Waals surface area contributed by atoms with E-state index >= 15 is 0 Å². The van der Waals surface area contributed by atoms with Crippen LogP contribution in [0.2, 0.25) is 0 Å². The highest BCUT2D eigenvalue weighted by molar-refractivity contribution is 4.82. The summed E-state index contributed by atoms with van der Waals surface area (Å²) in [5, 5.41) is 23.6. The molecule has 0 aliphatic rings. The standard InChI is InChI=1S/C6H16N2O2/c1-6(10,8-3)5(4-9)7-2/h5,7-10H,4H2,1-3H3. The largest absolute Gasteiger partial charge is 0.395 e. The number of aliphatic hydroxyl groups excluding tert-OH is 1. The number of rotatable bonds is 4. The average molecular weight is 148 g/mol. The molecule has 0 amide bonds. The molecule has 2 atom stereocenters. The molecule has 0 radical (unpaired) electrons. The molecule has 0 aliphatic heterocycles. The Morgan fingerprint density at radius 1 is 1.50 bits per heavy atom. The van der Waals surface area contributed by atoms with Crippen molar-refractivity contribution in [2.75, 3.05) is 20.7 Å². The summed E-state index contributed by atoms with van der Waals surface area (Å²) in [6.45, 7) is 1.51. The van der Waals surface area contributed by atoms with Crippen LogP contribution in [0, 0.1) is 0 Å². The average Bonchev–Trinajstić information content (AvgIpc) is 1.90. The maximum Gasteiger partial charge on any atom is 0.130 e. The molecular formula is C6H16N2O2. The maximum atomic E-state index is 9.45. The van der Waals surface area contributed by atoms with Gasteiger partial charge in [0.1, 0.15) is 5.72 Å². The Kier molecular flexibility index (Phi) is 3.81. The summed E-state index contributed by atoms with van der Waals surface area (Å²) in [4.78, 5) is 0. The zero-order valence-electron chi connectivity index (χ0n) is 6.68. The summed E-state index contributed by atoms with van der Waals surface area (Å²) < 4.78 is 0. The minimum Gasteiger partial charge on any atom is -0.395 e. The third-order valence-corrected chi connectivity index (χ3v) is 1.72. The lowest BCUT2D eigenvalue weighted by Gasteiger charge is -2.30. The smallest absolute Gasteiger partial charge is 0.130 e. The summed E-state index contributed by atoms with van der Waals surface area (Å²) in [7, 11) is 3.33. The van der Waals surface area contributed by atoms with E-state index in [0.717, 1.165) is 0 Å². The maximum absolute atomic E-state index is 9.45. The molecule has 4 heteroatoms. The van der Waals surface area contributed by atoms with E-state index in [1.165, 1.54) is 0 Å². The Hall–Kier alpha value is -0.160. The minimum absolute atomic E-state index is 0.0929. The van der Waals surface area contributed by atoms with Crippen LogP contribution in [0.5, 0.6) is 0 Å². The van der Waals surface area contributed by atoms with Gasteiger partial charge in [-0.15, -0.1) is 0 Å². The Morgan fingerprint density at radius 2 is 2.00 bits per heavy atom. The van der Waals surface area contributed by atoms with Gasteiger partial charge in [-0.3, -0.25) is 5.32 Å². The van der Waals surface area contributed by atoms with Crippen molar-refractivity contribution >= 4 is 0 Å². The fraction of sp³-hybridized carbons (Fsp3) is 1.00. The first-order valence-electron chi connectivity index (χ1n) is 3.28. The topological polar surface area (TPSA) is 64.5 Å². The lowest BCUT2D eigenvalue weighted by molar-refractivity contribution is -0.0215. The van der Waals surface area contributed by atoms with Gasteiger partial charge >= 0.3 is 0 Å². The molecule has 0 aromatic carbocycles. The molecule has 0 aromatic heterocycles. The van der Waals surface area contributed by atoms with Crippen LogP contribution in [0.1, 0.15) is 6.92 Å². The van der Waals surface area contributed by atoms with Crippen molar-refractivity contribution in [3.63, 3.8) is 0 Å². The van der Waals surface area contributed by atoms with E-state index in [9.17, 15) is 5.11 Å². The molecule has 0 saturated carbocycles. The number of hydrogen-bond acceptors (Lipinski definition) is 4. The molecule has 4 nitrogen and oxygen atoms in total. The minimum atomic E-state index is -1.05. The van der Waals surface area contributed by atoms with Crippen LogP contribution >= 0.6 is 0 Å². The van der Waals surface area contributed by atoms with Crippen LogP contribution < -0.4 is 10.6 Å². The second-order valence-corrected chi connectivity index (χ2v) is 2.42. The lowest BCUT2D eigenvalue weighted by atomic mass is 10.1. The van der Waals surface area contributed by atoms with Crippen LogP contribution in [0.4, 0.5) is 0 Å². The van der Waals surface area contributed by atoms with Crippen molar-refractivity contribution in [2.24, 2.45) is 0 Å². The predicted molar refractivity (Wildman–Crippen MR) is 39.6 cm³/mol. The van der Waals surface area contributed by atoms with Gasteiger partial charge in [0.15, 0.2) is 0 Å². The third kappa shape index (κ3) is 2.22. The first-order chi connectivity index (χ1) is 4.58. The van der Waals surface area contributed by atoms with Crippen LogP contribution in [0.25, 0.3) is 0 Å². The molecule has 62 valence electrons. The van der Waals surface area contributed by atoms with Crippen LogP contribution in [0.3, 0.4) is 0 Å². The van der Waals surface area contributed by atoms with E-state index in [0.29, 0.717) is 0 Å². The summed E-state index contributed by atoms with van der Waals surface area (Å²) in [6.07, 6.45) is 0. The molecule has 10 heavy (non-hydrogen) atoms. The molecule has 0 bridgehead atoms. The Morgan fingerprint density at radius 3 is 2.10 bits per heavy atom. The van der Waals surface area contributed by atoms with Gasteiger partial charge < -0.3 is 15.5 Å². The van der Waals surface area contributed by atoms with E-state index in [-0.39, 0.29) is 12.6 Å². The number of likely N-dealkylation sites (N-methyl/N-ethyl adjacent to an activating group) is 2. The van der Waals surface area contributed by atoms with Crippen molar-refractivity contribution in [1.82, 2.24) is 10.6 Å². The fourth-order valence-corrected chi connectivity index (χ4v) is 0.724. The normalized spacial score (nSPS) is 20.1. The summed E-state index contributed by atoms with van der Waals surface area (Å²) in [6, 6.07) is -0.336. The molecule has 0 aromatic rings. The van der Waals surface area contributed by atoms with Crippen molar-refractivity contribution < 1.29 is 10.2 Å². The monoisotopic (exact) mass is 148 g/mol. The van der Waals surface area contributed by atoms with Gasteiger partial charge in [0, 0.05) is 0 Å². The highest BCUT2D eigenvalue weighted by atomic mass is 16.3. The van der Waals surface area contributed by atoms with Crippen LogP contribution in [-0.4, -0.2) is 42.7 Å². The molecule has 0 spiro atoms. The van der Waals surface area contributed by atoms with Gasteiger partial charge in [-0.1, -0.05) is 0 Å². The highest BCUT2D eigenvalue weighted by Gasteiger charge is 2.27. The zero-order chi connectivity index (χ0) is 8.20. The summed E-state index contributed by atoms with van der Waals surface area (Å²) in [5.41, 5.74) is -1.05. The second kappa shape index (κ2) is 3.88. The summed E-state index contributed by atoms with van der Waals surface area (Å²) >= 11 is 0. The second-order valence-electron chi connectivity index (χ2n) is 2.42. The van der Waals surface area contributed by atoms with Crippen LogP contribution in [-0.2, 0) is 0 Å². The molecule has 4 N–H and O–H groups in total. The quantitative estimate of drug-likeness (QED) is 0.366. The number of aliphatic hydroxyl groups is 2. The van der Waals surface area contributed by atoms with Gasteiger partial charge in [0.2, 0.25) is 0 Å². The van der Waals surface area contributed by atoms with E-state index in [2.05, 4.69) is 10.6 Å². The van der Waals surface area contributed by atoms with Gasteiger partial charge in [-0.25, -0.2) is 0 Å². The molecule has 0 rings (SSSR count). The fourth-order valence-electron chi connectivity index (χ4n) is 0.724. The number of nitrogens with one attached hydrogen (secondary N) is 2. The van der Waals surface area contributed by atoms with Gasteiger partial charge in [-0.05, 0) is 21.0 Å². The Labute approximate surface area is 61.3 Å². The summed E-state index contributed by atoms with van der Waals surface area (Å²) in [5.74, 6) is 0. The van der Waals surface area contributed by atoms with E-state index in [1.54, 1.807) is 21.0 Å². The van der Waals surface area contributed by atoms with Crippen LogP contribution in [0.15, 0.2) is 0 Å².